The Hall–Kier alpha value is -1.23. The van der Waals surface area contributed by atoms with Gasteiger partial charge < -0.3 is 10.1 Å². The fraction of sp³-hybridized carbons (Fsp3) is 0.538. The summed E-state index contributed by atoms with van der Waals surface area (Å²) in [7, 11) is 1.91. The van der Waals surface area contributed by atoms with E-state index in [0.717, 1.165) is 31.5 Å². The summed E-state index contributed by atoms with van der Waals surface area (Å²) in [5, 5.41) is 3.10. The summed E-state index contributed by atoms with van der Waals surface area (Å²) in [4.78, 5) is 0. The van der Waals surface area contributed by atoms with Gasteiger partial charge in [-0.05, 0) is 56.6 Å². The van der Waals surface area contributed by atoms with E-state index in [1.807, 2.05) is 7.05 Å². The van der Waals surface area contributed by atoms with Crippen LogP contribution in [0.15, 0.2) is 24.3 Å². The SMILES string of the molecule is CNCC1CC(Oc2ccc(C(F)(F)F)cc2)C1. The zero-order chi connectivity index (χ0) is 13.2. The molecule has 0 aliphatic heterocycles. The molecule has 5 heteroatoms. The zero-order valence-corrected chi connectivity index (χ0v) is 10.1. The summed E-state index contributed by atoms with van der Waals surface area (Å²) < 4.78 is 42.6. The minimum Gasteiger partial charge on any atom is -0.490 e. The molecule has 0 atom stereocenters. The van der Waals surface area contributed by atoms with Gasteiger partial charge in [0.15, 0.2) is 0 Å². The Kier molecular flexibility index (Phi) is 3.80. The summed E-state index contributed by atoms with van der Waals surface area (Å²) in [5.41, 5.74) is -0.642. The molecular weight excluding hydrogens is 243 g/mol. The van der Waals surface area contributed by atoms with E-state index in [0.29, 0.717) is 11.7 Å². The molecule has 0 unspecified atom stereocenters. The second-order valence-corrected chi connectivity index (χ2v) is 4.66. The van der Waals surface area contributed by atoms with Gasteiger partial charge in [0.1, 0.15) is 5.75 Å². The lowest BCUT2D eigenvalue weighted by molar-refractivity contribution is -0.137. The maximum atomic E-state index is 12.3. The number of nitrogens with one attached hydrogen (secondary N) is 1. The van der Waals surface area contributed by atoms with Crippen LogP contribution in [0.5, 0.6) is 5.75 Å². The number of rotatable bonds is 4. The molecule has 0 aromatic heterocycles. The molecule has 1 aromatic carbocycles. The van der Waals surface area contributed by atoms with Crippen molar-refractivity contribution in [3.05, 3.63) is 29.8 Å². The standard InChI is InChI=1S/C13H16F3NO/c1-17-8-9-6-12(7-9)18-11-4-2-10(3-5-11)13(14,15)16/h2-5,9,12,17H,6-8H2,1H3. The van der Waals surface area contributed by atoms with E-state index in [9.17, 15) is 13.2 Å². The number of hydrogen-bond acceptors (Lipinski definition) is 2. The molecule has 1 N–H and O–H groups in total. The van der Waals surface area contributed by atoms with Gasteiger partial charge in [0.2, 0.25) is 0 Å². The third-order valence-electron chi connectivity index (χ3n) is 3.17. The van der Waals surface area contributed by atoms with Crippen LogP contribution in [0.4, 0.5) is 13.2 Å². The number of benzene rings is 1. The maximum Gasteiger partial charge on any atom is 0.416 e. The lowest BCUT2D eigenvalue weighted by Gasteiger charge is -2.35. The predicted octanol–water partition coefficient (Wildman–Crippen LogP) is 3.08. The van der Waals surface area contributed by atoms with Crippen LogP contribution in [0.3, 0.4) is 0 Å². The largest absolute Gasteiger partial charge is 0.490 e. The topological polar surface area (TPSA) is 21.3 Å². The molecule has 0 spiro atoms. The van der Waals surface area contributed by atoms with Crippen molar-refractivity contribution in [2.45, 2.75) is 25.1 Å². The van der Waals surface area contributed by atoms with Gasteiger partial charge in [-0.1, -0.05) is 0 Å². The minimum absolute atomic E-state index is 0.139. The molecule has 100 valence electrons. The Morgan fingerprint density at radius 2 is 1.83 bits per heavy atom. The molecule has 0 amide bonds. The Labute approximate surface area is 104 Å². The van der Waals surface area contributed by atoms with Crippen molar-refractivity contribution in [2.75, 3.05) is 13.6 Å². The van der Waals surface area contributed by atoms with Crippen molar-refractivity contribution < 1.29 is 17.9 Å². The second kappa shape index (κ2) is 5.18. The molecule has 18 heavy (non-hydrogen) atoms. The number of hydrogen-bond donors (Lipinski definition) is 1. The highest BCUT2D eigenvalue weighted by molar-refractivity contribution is 5.29. The van der Waals surface area contributed by atoms with Gasteiger partial charge in [0, 0.05) is 0 Å². The molecule has 2 nitrogen and oxygen atoms in total. The van der Waals surface area contributed by atoms with Gasteiger partial charge in [-0.3, -0.25) is 0 Å². The number of halogens is 3. The van der Waals surface area contributed by atoms with E-state index in [1.54, 1.807) is 0 Å². The molecule has 0 saturated heterocycles. The molecule has 0 heterocycles. The third kappa shape index (κ3) is 3.16. The average molecular weight is 259 g/mol. The lowest BCUT2D eigenvalue weighted by Crippen LogP contribution is -2.38. The van der Waals surface area contributed by atoms with E-state index in [2.05, 4.69) is 5.32 Å². The van der Waals surface area contributed by atoms with E-state index in [1.165, 1.54) is 12.1 Å². The normalized spacial score (nSPS) is 23.6. The van der Waals surface area contributed by atoms with Crippen LogP contribution >= 0.6 is 0 Å². The van der Waals surface area contributed by atoms with Crippen molar-refractivity contribution in [1.29, 1.82) is 0 Å². The van der Waals surface area contributed by atoms with Crippen LogP contribution in [0.25, 0.3) is 0 Å². The van der Waals surface area contributed by atoms with Crippen LogP contribution in [-0.4, -0.2) is 19.7 Å². The number of ether oxygens (including phenoxy) is 1. The smallest absolute Gasteiger partial charge is 0.416 e. The van der Waals surface area contributed by atoms with E-state index < -0.39 is 11.7 Å². The second-order valence-electron chi connectivity index (χ2n) is 4.66. The molecular formula is C13H16F3NO. The van der Waals surface area contributed by atoms with Gasteiger partial charge >= 0.3 is 6.18 Å². The predicted molar refractivity (Wildman–Crippen MR) is 62.5 cm³/mol. The quantitative estimate of drug-likeness (QED) is 0.897. The molecule has 1 fully saturated rings. The monoisotopic (exact) mass is 259 g/mol. The van der Waals surface area contributed by atoms with Crippen LogP contribution in [0.1, 0.15) is 18.4 Å². The zero-order valence-electron chi connectivity index (χ0n) is 10.1. The summed E-state index contributed by atoms with van der Waals surface area (Å²) in [6.07, 6.45) is -2.23. The van der Waals surface area contributed by atoms with Crippen molar-refractivity contribution in [2.24, 2.45) is 5.92 Å². The van der Waals surface area contributed by atoms with Crippen molar-refractivity contribution in [3.63, 3.8) is 0 Å². The average Bonchev–Trinajstić information content (AvgIpc) is 2.26. The first-order valence-electron chi connectivity index (χ1n) is 5.97. The number of alkyl halides is 3. The van der Waals surface area contributed by atoms with Crippen molar-refractivity contribution in [3.8, 4) is 5.75 Å². The van der Waals surface area contributed by atoms with Crippen molar-refractivity contribution in [1.82, 2.24) is 5.32 Å². The summed E-state index contributed by atoms with van der Waals surface area (Å²) in [6.45, 7) is 0.965. The first kappa shape index (κ1) is 13.2. The fourth-order valence-corrected chi connectivity index (χ4v) is 2.14. The van der Waals surface area contributed by atoms with Crippen LogP contribution in [0, 0.1) is 5.92 Å². The van der Waals surface area contributed by atoms with Gasteiger partial charge in [-0.2, -0.15) is 13.2 Å². The van der Waals surface area contributed by atoms with Crippen molar-refractivity contribution >= 4 is 0 Å². The van der Waals surface area contributed by atoms with Gasteiger partial charge in [-0.15, -0.1) is 0 Å². The summed E-state index contributed by atoms with van der Waals surface area (Å²) in [5.74, 6) is 1.13. The Bertz CT molecular complexity index is 382. The highest BCUT2D eigenvalue weighted by Crippen LogP contribution is 2.33. The van der Waals surface area contributed by atoms with Crippen LogP contribution in [-0.2, 0) is 6.18 Å². The first-order valence-corrected chi connectivity index (χ1v) is 5.97. The molecule has 1 aliphatic rings. The summed E-state index contributed by atoms with van der Waals surface area (Å²) in [6, 6.07) is 4.88. The first-order chi connectivity index (χ1) is 8.49. The van der Waals surface area contributed by atoms with E-state index in [-0.39, 0.29) is 6.10 Å². The maximum absolute atomic E-state index is 12.3. The highest BCUT2D eigenvalue weighted by Gasteiger charge is 2.32. The lowest BCUT2D eigenvalue weighted by atomic mass is 9.82. The molecule has 1 aromatic rings. The van der Waals surface area contributed by atoms with Crippen LogP contribution < -0.4 is 10.1 Å². The Morgan fingerprint density at radius 3 is 2.33 bits per heavy atom. The minimum atomic E-state index is -4.28. The van der Waals surface area contributed by atoms with Gasteiger partial charge in [-0.25, -0.2) is 0 Å². The van der Waals surface area contributed by atoms with E-state index >= 15 is 0 Å². The molecule has 0 radical (unpaired) electrons. The third-order valence-corrected chi connectivity index (χ3v) is 3.17. The highest BCUT2D eigenvalue weighted by atomic mass is 19.4. The molecule has 0 bridgehead atoms. The van der Waals surface area contributed by atoms with Gasteiger partial charge in [0.25, 0.3) is 0 Å². The van der Waals surface area contributed by atoms with Crippen LogP contribution in [0.2, 0.25) is 0 Å². The molecule has 1 saturated carbocycles. The van der Waals surface area contributed by atoms with E-state index in [4.69, 9.17) is 4.74 Å². The molecule has 1 aliphatic carbocycles. The summed E-state index contributed by atoms with van der Waals surface area (Å²) >= 11 is 0. The molecule has 2 rings (SSSR count). The Morgan fingerprint density at radius 1 is 1.22 bits per heavy atom. The fourth-order valence-electron chi connectivity index (χ4n) is 2.14. The van der Waals surface area contributed by atoms with Gasteiger partial charge in [0.05, 0.1) is 11.7 Å². The Balaban J connectivity index is 1.85.